The molecule has 0 spiro atoms. The Morgan fingerprint density at radius 3 is 1.04 bits per heavy atom. The molecule has 0 amide bonds. The van der Waals surface area contributed by atoms with Crippen molar-refractivity contribution >= 4 is 0 Å². The molecule has 6 nitrogen and oxygen atoms in total. The summed E-state index contributed by atoms with van der Waals surface area (Å²) >= 11 is 0. The van der Waals surface area contributed by atoms with Crippen LogP contribution in [-0.2, 0) is 25.7 Å². The fourth-order valence-electron chi connectivity index (χ4n) is 7.68. The quantitative estimate of drug-likeness (QED) is 0.0694. The van der Waals surface area contributed by atoms with E-state index < -0.39 is 17.1 Å². The van der Waals surface area contributed by atoms with E-state index in [0.717, 1.165) is 86.5 Å². The van der Waals surface area contributed by atoms with Crippen LogP contribution >= 0.6 is 0 Å². The van der Waals surface area contributed by atoms with E-state index >= 15 is 0 Å². The molecule has 2 aromatic carbocycles. The number of benzene rings is 2. The number of nitrogens with zero attached hydrogens (tertiary/aromatic N) is 2. The van der Waals surface area contributed by atoms with Crippen molar-refractivity contribution in [2.24, 2.45) is 0 Å². The van der Waals surface area contributed by atoms with Gasteiger partial charge in [-0.05, 0) is 85.8 Å². The van der Waals surface area contributed by atoms with Gasteiger partial charge in [0.1, 0.15) is 0 Å². The van der Waals surface area contributed by atoms with Crippen molar-refractivity contribution in [1.82, 2.24) is 14.1 Å². The second kappa shape index (κ2) is 26.6. The molecule has 0 unspecified atom stereocenters. The summed E-state index contributed by atoms with van der Waals surface area (Å²) in [6.07, 6.45) is 32.0. The van der Waals surface area contributed by atoms with Gasteiger partial charge in [-0.1, -0.05) is 180 Å². The van der Waals surface area contributed by atoms with E-state index in [1.165, 1.54) is 125 Å². The molecule has 0 radical (unpaired) electrons. The Kier molecular flexibility index (Phi) is 22.2. The molecule has 0 atom stereocenters. The zero-order valence-corrected chi connectivity index (χ0v) is 34.4. The maximum atomic E-state index is 14.7. The molecule has 1 aromatic heterocycles. The minimum Gasteiger partial charge on any atom is -0.258 e. The van der Waals surface area contributed by atoms with E-state index in [4.69, 9.17) is 0 Å². The van der Waals surface area contributed by atoms with Crippen LogP contribution in [0.2, 0.25) is 0 Å². The highest BCUT2D eigenvalue weighted by Gasteiger charge is 2.19. The molecule has 3 rings (SSSR count). The monoisotopic (exact) mass is 730 g/mol. The normalized spacial score (nSPS) is 11.5. The molecule has 0 fully saturated rings. The molecular formula is C47H75N3O3. The average molecular weight is 730 g/mol. The van der Waals surface area contributed by atoms with Gasteiger partial charge in [-0.3, -0.25) is 4.98 Å². The number of aromatic amines is 1. The fraction of sp³-hybridized carbons (Fsp3) is 0.681. The SMILES string of the molecule is CCCCCCCCc1ccc(CCCCCCCC)c(-n2c(=O)[nH]c(=O)n(-c3cc(CCCCCCCC)ccc3CCCCCCCC)c2=O)c1. The van der Waals surface area contributed by atoms with Crippen LogP contribution in [0.5, 0.6) is 0 Å². The van der Waals surface area contributed by atoms with Crippen LogP contribution < -0.4 is 17.1 Å². The molecule has 296 valence electrons. The van der Waals surface area contributed by atoms with Crippen molar-refractivity contribution in [1.29, 1.82) is 0 Å². The van der Waals surface area contributed by atoms with Crippen molar-refractivity contribution < 1.29 is 0 Å². The Hall–Kier alpha value is -3.15. The minimum absolute atomic E-state index is 0.569. The number of aromatic nitrogens is 3. The highest BCUT2D eigenvalue weighted by atomic mass is 16.2. The average Bonchev–Trinajstić information content (AvgIpc) is 3.15. The molecule has 0 bridgehead atoms. The van der Waals surface area contributed by atoms with Crippen molar-refractivity contribution in [2.45, 2.75) is 207 Å². The van der Waals surface area contributed by atoms with Crippen LogP contribution in [-0.4, -0.2) is 14.1 Å². The zero-order valence-electron chi connectivity index (χ0n) is 34.4. The van der Waals surface area contributed by atoms with E-state index in [1.54, 1.807) is 0 Å². The topological polar surface area (TPSA) is 76.9 Å². The number of hydrogen-bond donors (Lipinski definition) is 1. The lowest BCUT2D eigenvalue weighted by molar-refractivity contribution is 0.603. The first-order chi connectivity index (χ1) is 25.9. The van der Waals surface area contributed by atoms with Gasteiger partial charge in [0.25, 0.3) is 0 Å². The molecule has 0 saturated carbocycles. The summed E-state index contributed by atoms with van der Waals surface area (Å²) < 4.78 is 2.51. The number of nitrogens with one attached hydrogen (secondary N) is 1. The minimum atomic E-state index is -0.655. The molecule has 0 aliphatic carbocycles. The lowest BCUT2D eigenvalue weighted by atomic mass is 9.98. The summed E-state index contributed by atoms with van der Waals surface area (Å²) in [4.78, 5) is 44.7. The Morgan fingerprint density at radius 2 is 0.698 bits per heavy atom. The maximum Gasteiger partial charge on any atom is 0.345 e. The highest BCUT2D eigenvalue weighted by Crippen LogP contribution is 2.23. The molecule has 0 aliphatic heterocycles. The largest absolute Gasteiger partial charge is 0.345 e. The van der Waals surface area contributed by atoms with Gasteiger partial charge in [-0.25, -0.2) is 23.5 Å². The summed E-state index contributed by atoms with van der Waals surface area (Å²) in [6.45, 7) is 8.95. The lowest BCUT2D eigenvalue weighted by Crippen LogP contribution is -2.48. The molecule has 53 heavy (non-hydrogen) atoms. The Bertz CT molecular complexity index is 1500. The summed E-state index contributed by atoms with van der Waals surface area (Å²) in [5, 5.41) is 0. The number of unbranched alkanes of at least 4 members (excludes halogenated alkanes) is 20. The van der Waals surface area contributed by atoms with E-state index in [0.29, 0.717) is 11.4 Å². The lowest BCUT2D eigenvalue weighted by Gasteiger charge is -2.17. The van der Waals surface area contributed by atoms with E-state index in [2.05, 4.69) is 69.1 Å². The smallest absolute Gasteiger partial charge is 0.258 e. The molecular weight excluding hydrogens is 655 g/mol. The molecule has 1 N–H and O–H groups in total. The summed E-state index contributed by atoms with van der Waals surface area (Å²) in [5.41, 5.74) is 3.64. The fourth-order valence-corrected chi connectivity index (χ4v) is 7.68. The molecule has 0 aliphatic rings. The van der Waals surface area contributed by atoms with Crippen LogP contribution in [0.15, 0.2) is 50.8 Å². The molecule has 3 aromatic rings. The molecule has 0 saturated heterocycles. The molecule has 6 heteroatoms. The first-order valence-electron chi connectivity index (χ1n) is 22.2. The van der Waals surface area contributed by atoms with Crippen LogP contribution in [0.1, 0.15) is 204 Å². The van der Waals surface area contributed by atoms with Crippen molar-refractivity contribution in [3.63, 3.8) is 0 Å². The van der Waals surface area contributed by atoms with Crippen molar-refractivity contribution in [3.05, 3.63) is 90.1 Å². The third-order valence-electron chi connectivity index (χ3n) is 11.0. The Labute approximate surface area is 322 Å². The summed E-state index contributed by atoms with van der Waals surface area (Å²) in [7, 11) is 0. The van der Waals surface area contributed by atoms with Crippen LogP contribution in [0.25, 0.3) is 11.4 Å². The third kappa shape index (κ3) is 15.6. The van der Waals surface area contributed by atoms with Crippen molar-refractivity contribution in [2.75, 3.05) is 0 Å². The third-order valence-corrected chi connectivity index (χ3v) is 11.0. The second-order valence-corrected chi connectivity index (χ2v) is 15.7. The van der Waals surface area contributed by atoms with E-state index in [-0.39, 0.29) is 0 Å². The Balaban J connectivity index is 2.02. The first kappa shape index (κ1) is 44.2. The van der Waals surface area contributed by atoms with E-state index in [1.807, 2.05) is 0 Å². The Morgan fingerprint density at radius 1 is 0.396 bits per heavy atom. The second-order valence-electron chi connectivity index (χ2n) is 15.7. The maximum absolute atomic E-state index is 14.7. The van der Waals surface area contributed by atoms with E-state index in [9.17, 15) is 14.4 Å². The number of H-pyrrole nitrogens is 1. The summed E-state index contributed by atoms with van der Waals surface area (Å²) in [5.74, 6) is 0. The zero-order chi connectivity index (χ0) is 38.1. The number of hydrogen-bond acceptors (Lipinski definition) is 3. The van der Waals surface area contributed by atoms with Gasteiger partial charge in [-0.2, -0.15) is 0 Å². The van der Waals surface area contributed by atoms with Crippen LogP contribution in [0.4, 0.5) is 0 Å². The highest BCUT2D eigenvalue weighted by molar-refractivity contribution is 5.47. The van der Waals surface area contributed by atoms with Gasteiger partial charge in [0, 0.05) is 0 Å². The molecule has 1 heterocycles. The first-order valence-corrected chi connectivity index (χ1v) is 22.2. The van der Waals surface area contributed by atoms with Gasteiger partial charge < -0.3 is 0 Å². The van der Waals surface area contributed by atoms with Gasteiger partial charge in [0.05, 0.1) is 11.4 Å². The summed E-state index contributed by atoms with van der Waals surface area (Å²) in [6, 6.07) is 12.7. The predicted molar refractivity (Wildman–Crippen MR) is 227 cm³/mol. The van der Waals surface area contributed by atoms with Crippen LogP contribution in [0, 0.1) is 0 Å². The van der Waals surface area contributed by atoms with Crippen molar-refractivity contribution in [3.8, 4) is 11.4 Å². The van der Waals surface area contributed by atoms with Gasteiger partial charge in [0.15, 0.2) is 0 Å². The van der Waals surface area contributed by atoms with Crippen LogP contribution in [0.3, 0.4) is 0 Å². The standard InChI is InChI=1S/C47H75N3O3/c1-5-9-13-17-21-25-29-39-33-35-41(31-27-23-19-15-11-7-3)43(37-39)49-45(51)48-46(52)50(47(49)53)44-38-40(30-26-22-18-14-10-6-2)34-36-42(44)32-28-24-20-16-12-8-4/h33-38H,5-32H2,1-4H3,(H,48,51,52). The van der Waals surface area contributed by atoms with Gasteiger partial charge in [0.2, 0.25) is 0 Å². The number of aryl methyl sites for hydroxylation is 4. The van der Waals surface area contributed by atoms with Gasteiger partial charge in [-0.15, -0.1) is 0 Å². The van der Waals surface area contributed by atoms with Gasteiger partial charge >= 0.3 is 17.1 Å². The number of rotatable bonds is 30. The predicted octanol–water partition coefficient (Wildman–Crippen LogP) is 12.3.